The van der Waals surface area contributed by atoms with E-state index >= 15 is 0 Å². The van der Waals surface area contributed by atoms with Crippen molar-refractivity contribution in [2.24, 2.45) is 0 Å². The Kier molecular flexibility index (Phi) is 7.86. The summed E-state index contributed by atoms with van der Waals surface area (Å²) in [5.41, 5.74) is 2.84. The van der Waals surface area contributed by atoms with Crippen molar-refractivity contribution in [3.05, 3.63) is 58.9 Å². The Morgan fingerprint density at radius 1 is 1.03 bits per heavy atom. The van der Waals surface area contributed by atoms with Crippen LogP contribution in [0.1, 0.15) is 42.4 Å². The van der Waals surface area contributed by atoms with Crippen molar-refractivity contribution in [1.29, 1.82) is 0 Å². The number of hydrogen-bond donors (Lipinski definition) is 2. The first-order valence-electron chi connectivity index (χ1n) is 11.0. The summed E-state index contributed by atoms with van der Waals surface area (Å²) < 4.78 is 41.4. The Morgan fingerprint density at radius 3 is 2.48 bits per heavy atom. The number of nitrogens with zero attached hydrogens (tertiary/aromatic N) is 1. The zero-order valence-corrected chi connectivity index (χ0v) is 20.0. The fourth-order valence-corrected chi connectivity index (χ4v) is 6.10. The fourth-order valence-electron chi connectivity index (χ4n) is 4.17. The summed E-state index contributed by atoms with van der Waals surface area (Å²) in [6.45, 7) is 5.89. The Balaban J connectivity index is 1.61. The van der Waals surface area contributed by atoms with Crippen molar-refractivity contribution < 1.29 is 22.4 Å². The monoisotopic (exact) mass is 475 g/mol. The predicted molar refractivity (Wildman–Crippen MR) is 125 cm³/mol. The summed E-state index contributed by atoms with van der Waals surface area (Å²) in [6.07, 6.45) is 2.65. The van der Waals surface area contributed by atoms with Gasteiger partial charge in [-0.15, -0.1) is 0 Å². The maximum Gasteiger partial charge on any atom is 0.313 e. The van der Waals surface area contributed by atoms with Crippen molar-refractivity contribution >= 4 is 27.5 Å². The maximum absolute atomic E-state index is 13.5. The summed E-state index contributed by atoms with van der Waals surface area (Å²) in [5, 5.41) is 5.19. The van der Waals surface area contributed by atoms with Crippen LogP contribution in [0.25, 0.3) is 0 Å². The van der Waals surface area contributed by atoms with Gasteiger partial charge in [0.1, 0.15) is 5.82 Å². The van der Waals surface area contributed by atoms with Crippen LogP contribution < -0.4 is 10.6 Å². The van der Waals surface area contributed by atoms with Crippen LogP contribution in [0.5, 0.6) is 0 Å². The van der Waals surface area contributed by atoms with Crippen molar-refractivity contribution in [3.8, 4) is 0 Å². The lowest BCUT2D eigenvalue weighted by Crippen LogP contribution is -2.46. The zero-order valence-electron chi connectivity index (χ0n) is 19.2. The van der Waals surface area contributed by atoms with Gasteiger partial charge in [0.25, 0.3) is 0 Å². The van der Waals surface area contributed by atoms with Gasteiger partial charge in [-0.05, 0) is 75.4 Å². The highest BCUT2D eigenvalue weighted by Crippen LogP contribution is 2.28. The van der Waals surface area contributed by atoms with Crippen LogP contribution in [-0.4, -0.2) is 43.7 Å². The second kappa shape index (κ2) is 10.4. The third kappa shape index (κ3) is 5.97. The number of hydrogen-bond acceptors (Lipinski definition) is 4. The van der Waals surface area contributed by atoms with Gasteiger partial charge in [-0.3, -0.25) is 9.59 Å². The molecule has 7 nitrogen and oxygen atoms in total. The molecule has 0 saturated carbocycles. The smallest absolute Gasteiger partial charge is 0.313 e. The molecule has 1 heterocycles. The normalized spacial score (nSPS) is 16.9. The SMILES string of the molecule is Cc1ccc(NC(=O)C(=O)NCC[C@H]2CCCCN2S(=O)(=O)c2ccc(F)cc2C)c(C)c1. The highest BCUT2D eigenvalue weighted by atomic mass is 32.2. The van der Waals surface area contributed by atoms with E-state index in [1.54, 1.807) is 13.0 Å². The molecule has 0 unspecified atom stereocenters. The molecule has 1 aliphatic heterocycles. The number of aryl methyl sites for hydroxylation is 3. The minimum absolute atomic E-state index is 0.0904. The Bertz CT molecular complexity index is 1150. The van der Waals surface area contributed by atoms with Gasteiger partial charge in [0, 0.05) is 24.8 Å². The van der Waals surface area contributed by atoms with Crippen molar-refractivity contribution in [2.75, 3.05) is 18.4 Å². The maximum atomic E-state index is 13.5. The highest BCUT2D eigenvalue weighted by molar-refractivity contribution is 7.89. The number of halogens is 1. The lowest BCUT2D eigenvalue weighted by molar-refractivity contribution is -0.136. The van der Waals surface area contributed by atoms with E-state index in [0.717, 1.165) is 30.0 Å². The van der Waals surface area contributed by atoms with E-state index in [-0.39, 0.29) is 17.5 Å². The number of piperidine rings is 1. The molecular formula is C24H30FN3O4S. The van der Waals surface area contributed by atoms with E-state index in [0.29, 0.717) is 30.6 Å². The number of sulfonamides is 1. The summed E-state index contributed by atoms with van der Waals surface area (Å²) in [4.78, 5) is 24.6. The predicted octanol–water partition coefficient (Wildman–Crippen LogP) is 3.44. The third-order valence-electron chi connectivity index (χ3n) is 5.90. The molecule has 2 aromatic carbocycles. The summed E-state index contributed by atoms with van der Waals surface area (Å²) >= 11 is 0. The van der Waals surface area contributed by atoms with Crippen LogP contribution >= 0.6 is 0 Å². The fraction of sp³-hybridized carbons (Fsp3) is 0.417. The van der Waals surface area contributed by atoms with E-state index in [1.165, 1.54) is 16.4 Å². The van der Waals surface area contributed by atoms with Gasteiger partial charge >= 0.3 is 11.8 Å². The number of anilines is 1. The molecule has 0 radical (unpaired) electrons. The van der Waals surface area contributed by atoms with E-state index in [1.807, 2.05) is 26.0 Å². The molecule has 33 heavy (non-hydrogen) atoms. The molecule has 2 N–H and O–H groups in total. The topological polar surface area (TPSA) is 95.6 Å². The number of rotatable bonds is 6. The number of carbonyl (C=O) groups is 2. The van der Waals surface area contributed by atoms with E-state index in [9.17, 15) is 22.4 Å². The van der Waals surface area contributed by atoms with Crippen molar-refractivity contribution in [2.45, 2.75) is 57.4 Å². The molecule has 3 rings (SSSR count). The summed E-state index contributed by atoms with van der Waals surface area (Å²) in [7, 11) is -3.80. The van der Waals surface area contributed by atoms with Crippen LogP contribution in [0.15, 0.2) is 41.3 Å². The second-order valence-electron chi connectivity index (χ2n) is 8.49. The zero-order chi connectivity index (χ0) is 24.2. The minimum atomic E-state index is -3.80. The number of benzene rings is 2. The van der Waals surface area contributed by atoms with Crippen LogP contribution in [0.4, 0.5) is 10.1 Å². The van der Waals surface area contributed by atoms with Crippen molar-refractivity contribution in [1.82, 2.24) is 9.62 Å². The lowest BCUT2D eigenvalue weighted by atomic mass is 10.0. The Morgan fingerprint density at radius 2 is 1.79 bits per heavy atom. The first kappa shape index (κ1) is 24.9. The van der Waals surface area contributed by atoms with Gasteiger partial charge in [0.05, 0.1) is 4.90 Å². The molecule has 1 fully saturated rings. The first-order chi connectivity index (χ1) is 15.6. The molecule has 178 valence electrons. The largest absolute Gasteiger partial charge is 0.348 e. The number of carbonyl (C=O) groups excluding carboxylic acids is 2. The lowest BCUT2D eigenvalue weighted by Gasteiger charge is -2.35. The molecule has 9 heteroatoms. The van der Waals surface area contributed by atoms with Gasteiger partial charge in [-0.25, -0.2) is 12.8 Å². The molecule has 2 amide bonds. The summed E-state index contributed by atoms with van der Waals surface area (Å²) in [6, 6.07) is 8.85. The molecule has 1 aliphatic rings. The molecular weight excluding hydrogens is 445 g/mol. The van der Waals surface area contributed by atoms with E-state index in [4.69, 9.17) is 0 Å². The van der Waals surface area contributed by atoms with Crippen LogP contribution in [0.2, 0.25) is 0 Å². The minimum Gasteiger partial charge on any atom is -0.348 e. The molecule has 0 spiro atoms. The van der Waals surface area contributed by atoms with E-state index < -0.39 is 27.7 Å². The number of amides is 2. The molecule has 2 aromatic rings. The van der Waals surface area contributed by atoms with Crippen LogP contribution in [0, 0.1) is 26.6 Å². The molecule has 0 aromatic heterocycles. The molecule has 0 bridgehead atoms. The average molecular weight is 476 g/mol. The van der Waals surface area contributed by atoms with E-state index in [2.05, 4.69) is 10.6 Å². The average Bonchev–Trinajstić information content (AvgIpc) is 2.75. The van der Waals surface area contributed by atoms with Gasteiger partial charge in [-0.1, -0.05) is 24.1 Å². The quantitative estimate of drug-likeness (QED) is 0.626. The van der Waals surface area contributed by atoms with Crippen LogP contribution in [-0.2, 0) is 19.6 Å². The summed E-state index contributed by atoms with van der Waals surface area (Å²) in [5.74, 6) is -2.02. The van der Waals surface area contributed by atoms with Gasteiger partial charge in [0.2, 0.25) is 10.0 Å². The Hall–Kier alpha value is -2.78. The molecule has 1 saturated heterocycles. The third-order valence-corrected chi connectivity index (χ3v) is 8.01. The molecule has 1 atom stereocenters. The standard InChI is InChI=1S/C24H30FN3O4S/c1-16-7-9-21(17(2)14-16)27-24(30)23(29)26-12-11-20-6-4-5-13-28(20)33(31,32)22-10-8-19(25)15-18(22)3/h7-10,14-15,20H,4-6,11-13H2,1-3H3,(H,26,29)(H,27,30)/t20-/m1/s1. The highest BCUT2D eigenvalue weighted by Gasteiger charge is 2.34. The number of nitrogens with one attached hydrogen (secondary N) is 2. The van der Waals surface area contributed by atoms with Gasteiger partial charge < -0.3 is 10.6 Å². The first-order valence-corrected chi connectivity index (χ1v) is 12.5. The second-order valence-corrected chi connectivity index (χ2v) is 10.4. The van der Waals surface area contributed by atoms with Crippen LogP contribution in [0.3, 0.4) is 0 Å². The van der Waals surface area contributed by atoms with Crippen molar-refractivity contribution in [3.63, 3.8) is 0 Å². The van der Waals surface area contributed by atoms with Gasteiger partial charge in [-0.2, -0.15) is 4.31 Å². The Labute approximate surface area is 194 Å². The molecule has 0 aliphatic carbocycles. The van der Waals surface area contributed by atoms with Gasteiger partial charge in [0.15, 0.2) is 0 Å².